The number of benzene rings is 2. The SMILES string of the molecule is COc1cc2c(c(F)c1OC)C(=N)N(CC(=O)c1cc(N3CCC(OCC(=O)O)C3)c(O)c(C(C)(C)C)c1)C2. The monoisotopic (exact) mass is 543 g/mol. The van der Waals surface area contributed by atoms with Gasteiger partial charge in [0.25, 0.3) is 0 Å². The molecule has 1 unspecified atom stereocenters. The molecule has 0 spiro atoms. The van der Waals surface area contributed by atoms with Gasteiger partial charge in [0.1, 0.15) is 18.2 Å². The van der Waals surface area contributed by atoms with Crippen LogP contribution >= 0.6 is 0 Å². The zero-order valence-electron chi connectivity index (χ0n) is 22.8. The van der Waals surface area contributed by atoms with E-state index in [1.165, 1.54) is 19.1 Å². The molecule has 1 atom stereocenters. The summed E-state index contributed by atoms with van der Waals surface area (Å²) in [5.41, 5.74) is 1.51. The zero-order valence-corrected chi connectivity index (χ0v) is 22.8. The summed E-state index contributed by atoms with van der Waals surface area (Å²) in [5.74, 6) is -2.00. The van der Waals surface area contributed by atoms with Crippen molar-refractivity contribution in [3.05, 3.63) is 46.3 Å². The number of carboxylic acids is 1. The molecule has 1 fully saturated rings. The third-order valence-corrected chi connectivity index (χ3v) is 7.09. The van der Waals surface area contributed by atoms with Crippen LogP contribution < -0.4 is 14.4 Å². The third-order valence-electron chi connectivity index (χ3n) is 7.09. The summed E-state index contributed by atoms with van der Waals surface area (Å²) in [5, 5.41) is 28.7. The number of fused-ring (bicyclic) bond motifs is 1. The highest BCUT2D eigenvalue weighted by Crippen LogP contribution is 2.41. The number of hydrogen-bond donors (Lipinski definition) is 3. The molecule has 2 aliphatic heterocycles. The standard InChI is InChI=1S/C28H34FN3O7/c1-28(2,3)18-8-15(9-19(25(18)36)31-7-6-17(12-31)39-14-22(34)35)20(33)13-32-11-16-10-21(37-4)26(38-5)24(29)23(16)27(32)30/h8-10,17,30,36H,6-7,11-14H2,1-5H3,(H,34,35). The summed E-state index contributed by atoms with van der Waals surface area (Å²) < 4.78 is 31.0. The maximum atomic E-state index is 15.2. The molecular formula is C28H34FN3O7. The quantitative estimate of drug-likeness (QED) is 0.406. The highest BCUT2D eigenvalue weighted by atomic mass is 19.1. The van der Waals surface area contributed by atoms with Crippen LogP contribution in [0.3, 0.4) is 0 Å². The minimum atomic E-state index is -1.05. The number of carboxylic acid groups (broad SMARTS) is 1. The summed E-state index contributed by atoms with van der Waals surface area (Å²) in [6, 6.07) is 4.89. The summed E-state index contributed by atoms with van der Waals surface area (Å²) in [7, 11) is 2.73. The molecule has 2 aromatic rings. The van der Waals surface area contributed by atoms with Gasteiger partial charge in [0.2, 0.25) is 0 Å². The van der Waals surface area contributed by atoms with Gasteiger partial charge in [-0.15, -0.1) is 0 Å². The highest BCUT2D eigenvalue weighted by Gasteiger charge is 2.34. The van der Waals surface area contributed by atoms with Crippen LogP contribution in [-0.2, 0) is 21.5 Å². The van der Waals surface area contributed by atoms with E-state index in [-0.39, 0.29) is 53.6 Å². The van der Waals surface area contributed by atoms with Gasteiger partial charge in [-0.25, -0.2) is 9.18 Å². The molecule has 2 aliphatic rings. The number of anilines is 1. The Balaban J connectivity index is 1.61. The number of aromatic hydroxyl groups is 1. The number of amidine groups is 1. The van der Waals surface area contributed by atoms with Crippen molar-refractivity contribution in [2.24, 2.45) is 0 Å². The fourth-order valence-corrected chi connectivity index (χ4v) is 5.09. The summed E-state index contributed by atoms with van der Waals surface area (Å²) in [6.07, 6.45) is 0.266. The van der Waals surface area contributed by atoms with E-state index >= 15 is 4.39 Å². The van der Waals surface area contributed by atoms with Gasteiger partial charge in [-0.2, -0.15) is 0 Å². The first-order valence-corrected chi connectivity index (χ1v) is 12.6. The van der Waals surface area contributed by atoms with Crippen LogP contribution in [0.4, 0.5) is 10.1 Å². The Morgan fingerprint density at radius 2 is 1.90 bits per heavy atom. The Kier molecular flexibility index (Phi) is 7.74. The molecule has 0 amide bonds. The van der Waals surface area contributed by atoms with Crippen LogP contribution in [0.5, 0.6) is 17.2 Å². The molecular weight excluding hydrogens is 509 g/mol. The minimum Gasteiger partial charge on any atom is -0.505 e. The summed E-state index contributed by atoms with van der Waals surface area (Å²) in [4.78, 5) is 27.8. The number of carbonyl (C=O) groups is 2. The van der Waals surface area contributed by atoms with Crippen molar-refractivity contribution in [3.63, 3.8) is 0 Å². The predicted octanol–water partition coefficient (Wildman–Crippen LogP) is 3.55. The number of nitrogens with one attached hydrogen (secondary N) is 1. The van der Waals surface area contributed by atoms with E-state index in [1.54, 1.807) is 18.2 Å². The highest BCUT2D eigenvalue weighted by molar-refractivity contribution is 6.06. The van der Waals surface area contributed by atoms with Gasteiger partial charge in [-0.1, -0.05) is 20.8 Å². The molecule has 2 heterocycles. The van der Waals surface area contributed by atoms with Crippen LogP contribution in [0, 0.1) is 11.2 Å². The van der Waals surface area contributed by atoms with Crippen molar-refractivity contribution in [1.82, 2.24) is 4.90 Å². The maximum absolute atomic E-state index is 15.2. The Labute approximate surface area is 226 Å². The molecule has 0 saturated carbocycles. The molecule has 210 valence electrons. The van der Waals surface area contributed by atoms with Crippen molar-refractivity contribution < 1.29 is 38.4 Å². The molecule has 4 rings (SSSR count). The van der Waals surface area contributed by atoms with E-state index in [0.717, 1.165) is 0 Å². The lowest BCUT2D eigenvalue weighted by Crippen LogP contribution is -2.31. The van der Waals surface area contributed by atoms with Crippen LogP contribution in [0.2, 0.25) is 0 Å². The van der Waals surface area contributed by atoms with E-state index in [2.05, 4.69) is 0 Å². The van der Waals surface area contributed by atoms with E-state index in [9.17, 15) is 14.7 Å². The maximum Gasteiger partial charge on any atom is 0.329 e. The van der Waals surface area contributed by atoms with Crippen LogP contribution in [0.15, 0.2) is 18.2 Å². The van der Waals surface area contributed by atoms with Gasteiger partial charge in [-0.05, 0) is 35.6 Å². The molecule has 1 saturated heterocycles. The number of aliphatic carboxylic acids is 1. The first-order chi connectivity index (χ1) is 18.3. The van der Waals surface area contributed by atoms with Crippen LogP contribution in [0.25, 0.3) is 0 Å². The Bertz CT molecular complexity index is 1320. The molecule has 10 nitrogen and oxygen atoms in total. The van der Waals surface area contributed by atoms with E-state index < -0.39 is 23.8 Å². The second-order valence-electron chi connectivity index (χ2n) is 10.8. The number of Topliss-reactive ketones (excluding diaryl/α,β-unsaturated/α-hetero) is 1. The molecule has 0 aliphatic carbocycles. The topological polar surface area (TPSA) is 133 Å². The number of phenolic OH excluding ortho intramolecular Hbond substituents is 1. The van der Waals surface area contributed by atoms with E-state index in [0.29, 0.717) is 41.9 Å². The van der Waals surface area contributed by atoms with Crippen LogP contribution in [-0.4, -0.2) is 79.3 Å². The molecule has 11 heteroatoms. The Hall–Kier alpha value is -3.86. The van der Waals surface area contributed by atoms with Crippen molar-refractivity contribution in [2.45, 2.75) is 45.3 Å². The molecule has 0 radical (unpaired) electrons. The first-order valence-electron chi connectivity index (χ1n) is 12.6. The fraction of sp³-hybridized carbons (Fsp3) is 0.464. The number of rotatable bonds is 9. The molecule has 0 bridgehead atoms. The van der Waals surface area contributed by atoms with Gasteiger partial charge in [-0.3, -0.25) is 10.2 Å². The second kappa shape index (κ2) is 10.7. The van der Waals surface area contributed by atoms with Crippen molar-refractivity contribution >= 4 is 23.3 Å². The molecule has 0 aromatic heterocycles. The predicted molar refractivity (Wildman–Crippen MR) is 142 cm³/mol. The van der Waals surface area contributed by atoms with E-state index in [4.69, 9.17) is 24.7 Å². The number of carbonyl (C=O) groups excluding carboxylic acids is 1. The molecule has 2 aromatic carbocycles. The molecule has 39 heavy (non-hydrogen) atoms. The summed E-state index contributed by atoms with van der Waals surface area (Å²) in [6.45, 7) is 6.26. The fourth-order valence-electron chi connectivity index (χ4n) is 5.09. The number of halogens is 1. The lowest BCUT2D eigenvalue weighted by atomic mass is 9.84. The number of methoxy groups -OCH3 is 2. The third kappa shape index (κ3) is 5.49. The number of hydrogen-bond acceptors (Lipinski definition) is 8. The van der Waals surface area contributed by atoms with Crippen molar-refractivity contribution in [2.75, 3.05) is 45.4 Å². The number of ketones is 1. The largest absolute Gasteiger partial charge is 0.505 e. The normalized spacial score (nSPS) is 17.0. The average molecular weight is 544 g/mol. The molecule has 3 N–H and O–H groups in total. The van der Waals surface area contributed by atoms with Gasteiger partial charge < -0.3 is 34.2 Å². The number of phenols is 1. The lowest BCUT2D eigenvalue weighted by Gasteiger charge is -2.27. The van der Waals surface area contributed by atoms with Gasteiger partial charge >= 0.3 is 5.97 Å². The average Bonchev–Trinajstić information content (AvgIpc) is 3.46. The van der Waals surface area contributed by atoms with Gasteiger partial charge in [0.15, 0.2) is 23.1 Å². The number of ether oxygens (including phenoxy) is 3. The number of nitrogens with zero attached hydrogens (tertiary/aromatic N) is 2. The minimum absolute atomic E-state index is 0.0560. The van der Waals surface area contributed by atoms with Crippen LogP contribution in [0.1, 0.15) is 54.2 Å². The van der Waals surface area contributed by atoms with Crippen molar-refractivity contribution in [1.29, 1.82) is 5.41 Å². The first kappa shape index (κ1) is 28.2. The van der Waals surface area contributed by atoms with Crippen molar-refractivity contribution in [3.8, 4) is 17.2 Å². The second-order valence-corrected chi connectivity index (χ2v) is 10.8. The van der Waals surface area contributed by atoms with Gasteiger partial charge in [0.05, 0.1) is 38.1 Å². The lowest BCUT2D eigenvalue weighted by molar-refractivity contribution is -0.143. The summed E-state index contributed by atoms with van der Waals surface area (Å²) >= 11 is 0. The van der Waals surface area contributed by atoms with Gasteiger partial charge in [0, 0.05) is 30.8 Å². The zero-order chi connectivity index (χ0) is 28.6. The Morgan fingerprint density at radius 3 is 2.51 bits per heavy atom. The smallest absolute Gasteiger partial charge is 0.329 e. The van der Waals surface area contributed by atoms with E-state index in [1.807, 2.05) is 25.7 Å². The Morgan fingerprint density at radius 1 is 1.18 bits per heavy atom.